The van der Waals surface area contributed by atoms with Crippen LogP contribution in [0, 0.1) is 0 Å². The van der Waals surface area contributed by atoms with E-state index in [2.05, 4.69) is 38.2 Å². The van der Waals surface area contributed by atoms with E-state index in [-0.39, 0.29) is 0 Å². The lowest BCUT2D eigenvalue weighted by Crippen LogP contribution is -1.74. The van der Waals surface area contributed by atoms with Gasteiger partial charge in [-0.2, -0.15) is 0 Å². The second-order valence-electron chi connectivity index (χ2n) is 2.37. The summed E-state index contributed by atoms with van der Waals surface area (Å²) >= 11 is 0. The zero-order valence-electron chi connectivity index (χ0n) is 11.3. The topological polar surface area (TPSA) is 0 Å². The van der Waals surface area contributed by atoms with Crippen LogP contribution in [0.5, 0.6) is 0 Å². The van der Waals surface area contributed by atoms with Gasteiger partial charge in [0.1, 0.15) is 0 Å². The summed E-state index contributed by atoms with van der Waals surface area (Å²) in [5, 5.41) is 0. The molecule has 0 bridgehead atoms. The first-order chi connectivity index (χ1) is 6.72. The van der Waals surface area contributed by atoms with E-state index in [1.54, 1.807) is 0 Å². The zero-order chi connectivity index (χ0) is 12.0. The molecule has 0 aliphatic carbocycles. The Balaban J connectivity index is -0.000000266. The molecule has 0 N–H and O–H groups in total. The fraction of sp³-hybridized carbons (Fsp3) is 0.571. The average molecular weight is 196 g/mol. The third kappa shape index (κ3) is 13.8. The summed E-state index contributed by atoms with van der Waals surface area (Å²) in [4.78, 5) is 0. The van der Waals surface area contributed by atoms with Crippen molar-refractivity contribution < 1.29 is 0 Å². The highest BCUT2D eigenvalue weighted by atomic mass is 13.9. The molecule has 0 heteroatoms. The van der Waals surface area contributed by atoms with Crippen LogP contribution >= 0.6 is 0 Å². The van der Waals surface area contributed by atoms with Gasteiger partial charge in [0.2, 0.25) is 0 Å². The summed E-state index contributed by atoms with van der Waals surface area (Å²) in [5.74, 6) is 0. The highest BCUT2D eigenvalue weighted by Crippen LogP contribution is 2.05. The molecular weight excluding hydrogens is 168 g/mol. The van der Waals surface area contributed by atoms with Crippen molar-refractivity contribution >= 4 is 0 Å². The van der Waals surface area contributed by atoms with Crippen LogP contribution in [0.15, 0.2) is 35.5 Å². The van der Waals surface area contributed by atoms with Gasteiger partial charge >= 0.3 is 0 Å². The number of hydrogen-bond acceptors (Lipinski definition) is 0. The molecule has 0 aromatic rings. The Morgan fingerprint density at radius 1 is 0.643 bits per heavy atom. The smallest absolute Gasteiger partial charge is 0.0395 e. The number of hydrogen-bond donors (Lipinski definition) is 0. The zero-order valence-corrected chi connectivity index (χ0v) is 11.3. The SMILES string of the molecule is C/C=C/C(C)=C(C)\C=C\C.CC.CC. The molecular formula is C14H28. The van der Waals surface area contributed by atoms with E-state index in [0.29, 0.717) is 0 Å². The second-order valence-corrected chi connectivity index (χ2v) is 2.37. The predicted molar refractivity (Wildman–Crippen MR) is 70.7 cm³/mol. The fourth-order valence-corrected chi connectivity index (χ4v) is 0.763. The minimum Gasteiger partial charge on any atom is -0.0874 e. The van der Waals surface area contributed by atoms with Gasteiger partial charge in [-0.1, -0.05) is 52.0 Å². The molecule has 0 aromatic carbocycles. The maximum absolute atomic E-state index is 2.12. The van der Waals surface area contributed by atoms with Crippen LogP contribution in [0.1, 0.15) is 55.4 Å². The van der Waals surface area contributed by atoms with Crippen LogP contribution in [-0.4, -0.2) is 0 Å². The van der Waals surface area contributed by atoms with E-state index in [9.17, 15) is 0 Å². The van der Waals surface area contributed by atoms with E-state index >= 15 is 0 Å². The minimum atomic E-state index is 1.33. The van der Waals surface area contributed by atoms with Crippen molar-refractivity contribution in [3.63, 3.8) is 0 Å². The molecule has 0 amide bonds. The van der Waals surface area contributed by atoms with Gasteiger partial charge in [-0.15, -0.1) is 0 Å². The predicted octanol–water partition coefficient (Wildman–Crippen LogP) is 5.53. The van der Waals surface area contributed by atoms with Crippen molar-refractivity contribution in [3.8, 4) is 0 Å². The summed E-state index contributed by atoms with van der Waals surface area (Å²) in [6.07, 6.45) is 8.36. The monoisotopic (exact) mass is 196 g/mol. The van der Waals surface area contributed by atoms with Crippen LogP contribution in [0.25, 0.3) is 0 Å². The Hall–Kier alpha value is -0.780. The van der Waals surface area contributed by atoms with E-state index in [1.807, 2.05) is 41.5 Å². The Bertz CT molecular complexity index is 148. The van der Waals surface area contributed by atoms with Crippen LogP contribution < -0.4 is 0 Å². The molecule has 0 aliphatic heterocycles. The first-order valence-electron chi connectivity index (χ1n) is 5.65. The summed E-state index contributed by atoms with van der Waals surface area (Å²) in [6.45, 7) is 16.3. The molecule has 0 rings (SSSR count). The van der Waals surface area contributed by atoms with Crippen molar-refractivity contribution in [2.45, 2.75) is 55.4 Å². The van der Waals surface area contributed by atoms with Crippen LogP contribution in [0.3, 0.4) is 0 Å². The molecule has 0 saturated carbocycles. The number of rotatable bonds is 2. The molecule has 0 spiro atoms. The van der Waals surface area contributed by atoms with Gasteiger partial charge in [-0.05, 0) is 38.8 Å². The normalized spacial score (nSPS) is 11.4. The summed E-state index contributed by atoms with van der Waals surface area (Å²) in [5.41, 5.74) is 2.67. The maximum Gasteiger partial charge on any atom is -0.0395 e. The van der Waals surface area contributed by atoms with Gasteiger partial charge < -0.3 is 0 Å². The van der Waals surface area contributed by atoms with Crippen LogP contribution in [0.4, 0.5) is 0 Å². The lowest BCUT2D eigenvalue weighted by atomic mass is 10.1. The van der Waals surface area contributed by atoms with E-state index in [1.165, 1.54) is 11.1 Å². The molecule has 84 valence electrons. The van der Waals surface area contributed by atoms with Gasteiger partial charge in [0.05, 0.1) is 0 Å². The summed E-state index contributed by atoms with van der Waals surface area (Å²) < 4.78 is 0. The Morgan fingerprint density at radius 2 is 0.857 bits per heavy atom. The second kappa shape index (κ2) is 18.1. The highest BCUT2D eigenvalue weighted by Gasteiger charge is 1.84. The molecule has 0 atom stereocenters. The van der Waals surface area contributed by atoms with E-state index < -0.39 is 0 Å². The quantitative estimate of drug-likeness (QED) is 0.510. The van der Waals surface area contributed by atoms with Gasteiger partial charge in [-0.3, -0.25) is 0 Å². The molecule has 0 unspecified atom stereocenters. The standard InChI is InChI=1S/C10H16.2C2H6/c1-5-7-9(3)10(4)8-6-2;2*1-2/h5-8H,1-4H3;2*1-2H3/b7-5+,8-6+,10-9-;;. The lowest BCUT2D eigenvalue weighted by molar-refractivity contribution is 1.36. The maximum atomic E-state index is 2.12. The number of allylic oxidation sites excluding steroid dienone is 6. The van der Waals surface area contributed by atoms with Crippen molar-refractivity contribution in [1.82, 2.24) is 0 Å². The third-order valence-electron chi connectivity index (χ3n) is 1.46. The van der Waals surface area contributed by atoms with Crippen molar-refractivity contribution in [1.29, 1.82) is 0 Å². The van der Waals surface area contributed by atoms with Gasteiger partial charge in [-0.25, -0.2) is 0 Å². The molecule has 0 aromatic heterocycles. The third-order valence-corrected chi connectivity index (χ3v) is 1.46. The van der Waals surface area contributed by atoms with Crippen molar-refractivity contribution in [2.75, 3.05) is 0 Å². The molecule has 0 radical (unpaired) electrons. The Labute approximate surface area is 91.4 Å². The van der Waals surface area contributed by atoms with Gasteiger partial charge in [0.15, 0.2) is 0 Å². The van der Waals surface area contributed by atoms with Crippen molar-refractivity contribution in [2.24, 2.45) is 0 Å². The first-order valence-corrected chi connectivity index (χ1v) is 5.65. The molecule has 0 heterocycles. The minimum absolute atomic E-state index is 1.33. The van der Waals surface area contributed by atoms with Crippen molar-refractivity contribution in [3.05, 3.63) is 35.5 Å². The highest BCUT2D eigenvalue weighted by molar-refractivity contribution is 5.29. The Morgan fingerprint density at radius 3 is 1.00 bits per heavy atom. The molecule has 14 heavy (non-hydrogen) atoms. The molecule has 0 aliphatic rings. The fourth-order valence-electron chi connectivity index (χ4n) is 0.763. The van der Waals surface area contributed by atoms with E-state index in [0.717, 1.165) is 0 Å². The van der Waals surface area contributed by atoms with Gasteiger partial charge in [0, 0.05) is 0 Å². The summed E-state index contributed by atoms with van der Waals surface area (Å²) in [6, 6.07) is 0. The van der Waals surface area contributed by atoms with Gasteiger partial charge in [0.25, 0.3) is 0 Å². The Kier molecular flexibility index (Phi) is 24.4. The van der Waals surface area contributed by atoms with E-state index in [4.69, 9.17) is 0 Å². The van der Waals surface area contributed by atoms with Crippen LogP contribution in [-0.2, 0) is 0 Å². The first kappa shape index (κ1) is 18.9. The van der Waals surface area contributed by atoms with Crippen LogP contribution in [0.2, 0.25) is 0 Å². The molecule has 0 saturated heterocycles. The molecule has 0 nitrogen and oxygen atoms in total. The average Bonchev–Trinajstić information content (AvgIpc) is 2.24. The largest absolute Gasteiger partial charge is 0.0874 e. The lowest BCUT2D eigenvalue weighted by Gasteiger charge is -1.94. The molecule has 0 fully saturated rings. The summed E-state index contributed by atoms with van der Waals surface area (Å²) in [7, 11) is 0.